The molecule has 0 saturated heterocycles. The topological polar surface area (TPSA) is 55.2 Å². The molecular formula is C14H16N2O2S. The predicted octanol–water partition coefficient (Wildman–Crippen LogP) is 4.45. The molecule has 0 aliphatic rings. The van der Waals surface area contributed by atoms with Crippen molar-refractivity contribution in [3.8, 4) is 0 Å². The van der Waals surface area contributed by atoms with Crippen LogP contribution in [0.1, 0.15) is 29.0 Å². The van der Waals surface area contributed by atoms with E-state index >= 15 is 0 Å². The zero-order valence-corrected chi connectivity index (χ0v) is 12.0. The lowest BCUT2D eigenvalue weighted by molar-refractivity contribution is -0.385. The number of anilines is 1. The molecule has 19 heavy (non-hydrogen) atoms. The van der Waals surface area contributed by atoms with Crippen molar-refractivity contribution < 1.29 is 4.92 Å². The molecule has 0 saturated carbocycles. The molecule has 0 amide bonds. The molecule has 1 unspecified atom stereocenters. The first-order chi connectivity index (χ1) is 9.00. The molecule has 5 heteroatoms. The summed E-state index contributed by atoms with van der Waals surface area (Å²) in [5.74, 6) is 0. The third-order valence-electron chi connectivity index (χ3n) is 3.17. The number of aryl methyl sites for hydroxylation is 1. The smallest absolute Gasteiger partial charge is 0.274 e. The molecule has 0 aliphatic carbocycles. The highest BCUT2D eigenvalue weighted by molar-refractivity contribution is 7.10. The molecule has 4 nitrogen and oxygen atoms in total. The van der Waals surface area contributed by atoms with Gasteiger partial charge in [-0.3, -0.25) is 10.1 Å². The van der Waals surface area contributed by atoms with E-state index < -0.39 is 0 Å². The Hall–Kier alpha value is -1.88. The minimum absolute atomic E-state index is 0.140. The Morgan fingerprint density at radius 2 is 2.05 bits per heavy atom. The van der Waals surface area contributed by atoms with Crippen LogP contribution in [-0.2, 0) is 0 Å². The Morgan fingerprint density at radius 1 is 1.32 bits per heavy atom. The van der Waals surface area contributed by atoms with E-state index in [9.17, 15) is 10.1 Å². The molecule has 1 N–H and O–H groups in total. The summed E-state index contributed by atoms with van der Waals surface area (Å²) in [6.07, 6.45) is 0. The summed E-state index contributed by atoms with van der Waals surface area (Å²) in [6, 6.07) is 7.34. The molecule has 1 heterocycles. The second kappa shape index (κ2) is 5.40. The first kappa shape index (κ1) is 13.5. The molecular weight excluding hydrogens is 260 g/mol. The summed E-state index contributed by atoms with van der Waals surface area (Å²) >= 11 is 1.70. The molecule has 0 bridgehead atoms. The largest absolute Gasteiger partial charge is 0.377 e. The first-order valence-corrected chi connectivity index (χ1v) is 6.93. The molecule has 1 atom stereocenters. The van der Waals surface area contributed by atoms with Gasteiger partial charge in [0.25, 0.3) is 5.69 Å². The van der Waals surface area contributed by atoms with Gasteiger partial charge in [-0.2, -0.15) is 0 Å². The highest BCUT2D eigenvalue weighted by atomic mass is 32.1. The fourth-order valence-electron chi connectivity index (χ4n) is 2.10. The van der Waals surface area contributed by atoms with Crippen molar-refractivity contribution in [2.75, 3.05) is 5.32 Å². The van der Waals surface area contributed by atoms with Crippen molar-refractivity contribution in [2.24, 2.45) is 0 Å². The highest BCUT2D eigenvalue weighted by Crippen LogP contribution is 2.31. The number of hydrogen-bond acceptors (Lipinski definition) is 4. The summed E-state index contributed by atoms with van der Waals surface area (Å²) in [7, 11) is 0. The van der Waals surface area contributed by atoms with Gasteiger partial charge in [-0.1, -0.05) is 6.07 Å². The molecule has 0 spiro atoms. The number of nitrogens with zero attached hydrogens (tertiary/aromatic N) is 1. The Kier molecular flexibility index (Phi) is 3.85. The fraction of sp³-hybridized carbons (Fsp3) is 0.286. The van der Waals surface area contributed by atoms with E-state index in [-0.39, 0.29) is 16.7 Å². The predicted molar refractivity (Wildman–Crippen MR) is 78.9 cm³/mol. The average molecular weight is 276 g/mol. The number of hydrogen-bond donors (Lipinski definition) is 1. The molecule has 1 aromatic carbocycles. The van der Waals surface area contributed by atoms with Gasteiger partial charge in [0.1, 0.15) is 0 Å². The summed E-state index contributed by atoms with van der Waals surface area (Å²) in [4.78, 5) is 11.8. The molecule has 0 aliphatic heterocycles. The molecule has 2 aromatic rings. The van der Waals surface area contributed by atoms with Crippen LogP contribution in [0.5, 0.6) is 0 Å². The number of benzene rings is 1. The zero-order chi connectivity index (χ0) is 14.0. The maximum Gasteiger partial charge on any atom is 0.274 e. The van der Waals surface area contributed by atoms with Crippen LogP contribution in [-0.4, -0.2) is 4.92 Å². The molecule has 1 aromatic heterocycles. The number of nitro benzene ring substituents is 1. The lowest BCUT2D eigenvalue weighted by Crippen LogP contribution is -2.08. The van der Waals surface area contributed by atoms with Crippen molar-refractivity contribution >= 4 is 22.7 Å². The minimum Gasteiger partial charge on any atom is -0.377 e. The summed E-state index contributed by atoms with van der Waals surface area (Å²) in [6.45, 7) is 5.91. The Balaban J connectivity index is 2.27. The fourth-order valence-corrected chi connectivity index (χ4v) is 3.04. The van der Waals surface area contributed by atoms with E-state index in [0.29, 0.717) is 5.56 Å². The van der Waals surface area contributed by atoms with Crippen LogP contribution in [0.2, 0.25) is 0 Å². The van der Waals surface area contributed by atoms with E-state index in [4.69, 9.17) is 0 Å². The average Bonchev–Trinajstić information content (AvgIpc) is 2.77. The van der Waals surface area contributed by atoms with Crippen LogP contribution in [0, 0.1) is 24.0 Å². The van der Waals surface area contributed by atoms with Crippen LogP contribution in [0.25, 0.3) is 0 Å². The minimum atomic E-state index is -0.346. The van der Waals surface area contributed by atoms with E-state index in [1.54, 1.807) is 24.3 Å². The van der Waals surface area contributed by atoms with Gasteiger partial charge >= 0.3 is 0 Å². The van der Waals surface area contributed by atoms with Crippen molar-refractivity contribution in [3.05, 3.63) is 55.8 Å². The normalized spacial score (nSPS) is 12.2. The van der Waals surface area contributed by atoms with E-state index in [2.05, 4.69) is 30.6 Å². The Morgan fingerprint density at radius 3 is 2.63 bits per heavy atom. The molecule has 0 radical (unpaired) electrons. The van der Waals surface area contributed by atoms with Crippen molar-refractivity contribution in [1.82, 2.24) is 0 Å². The van der Waals surface area contributed by atoms with Gasteiger partial charge in [-0.25, -0.2) is 0 Å². The maximum atomic E-state index is 10.9. The summed E-state index contributed by atoms with van der Waals surface area (Å²) < 4.78 is 0. The van der Waals surface area contributed by atoms with E-state index in [0.717, 1.165) is 5.69 Å². The van der Waals surface area contributed by atoms with Gasteiger partial charge in [-0.05, 0) is 43.8 Å². The van der Waals surface area contributed by atoms with Crippen molar-refractivity contribution in [1.29, 1.82) is 0 Å². The number of nitrogens with one attached hydrogen (secondary N) is 1. The lowest BCUT2D eigenvalue weighted by atomic mass is 10.1. The van der Waals surface area contributed by atoms with Crippen molar-refractivity contribution in [2.45, 2.75) is 26.8 Å². The zero-order valence-electron chi connectivity index (χ0n) is 11.1. The Bertz CT molecular complexity index is 607. The number of nitro groups is 1. The molecule has 2 rings (SSSR count). The lowest BCUT2D eigenvalue weighted by Gasteiger charge is -2.16. The third kappa shape index (κ3) is 2.76. The molecule has 0 fully saturated rings. The van der Waals surface area contributed by atoms with Gasteiger partial charge in [0.15, 0.2) is 0 Å². The van der Waals surface area contributed by atoms with Crippen LogP contribution in [0.4, 0.5) is 11.4 Å². The quantitative estimate of drug-likeness (QED) is 0.663. The van der Waals surface area contributed by atoms with Gasteiger partial charge in [0, 0.05) is 22.2 Å². The number of thiophene rings is 1. The van der Waals surface area contributed by atoms with Gasteiger partial charge in [0.2, 0.25) is 0 Å². The standard InChI is InChI=1S/C14H16N2O2S/c1-9-7-8-19-14(9)11(3)15-12-5-4-6-13(10(12)2)16(17)18/h4-8,11,15H,1-3H3. The van der Waals surface area contributed by atoms with Gasteiger partial charge in [-0.15, -0.1) is 11.3 Å². The second-order valence-corrected chi connectivity index (χ2v) is 5.49. The van der Waals surface area contributed by atoms with Crippen LogP contribution < -0.4 is 5.32 Å². The summed E-state index contributed by atoms with van der Waals surface area (Å²) in [5.41, 5.74) is 2.89. The number of rotatable bonds is 4. The Labute approximate surface area is 116 Å². The molecule has 100 valence electrons. The second-order valence-electron chi connectivity index (χ2n) is 4.54. The first-order valence-electron chi connectivity index (χ1n) is 6.05. The SMILES string of the molecule is Cc1ccsc1C(C)Nc1cccc([N+](=O)[O-])c1C. The monoisotopic (exact) mass is 276 g/mol. The summed E-state index contributed by atoms with van der Waals surface area (Å²) in [5, 5.41) is 16.3. The van der Waals surface area contributed by atoms with Crippen molar-refractivity contribution in [3.63, 3.8) is 0 Å². The van der Waals surface area contributed by atoms with Crippen LogP contribution in [0.3, 0.4) is 0 Å². The van der Waals surface area contributed by atoms with E-state index in [1.165, 1.54) is 16.5 Å². The third-order valence-corrected chi connectivity index (χ3v) is 4.37. The highest BCUT2D eigenvalue weighted by Gasteiger charge is 2.16. The van der Waals surface area contributed by atoms with Crippen LogP contribution in [0.15, 0.2) is 29.6 Å². The maximum absolute atomic E-state index is 10.9. The van der Waals surface area contributed by atoms with Crippen LogP contribution >= 0.6 is 11.3 Å². The van der Waals surface area contributed by atoms with Gasteiger partial charge < -0.3 is 5.32 Å². The van der Waals surface area contributed by atoms with E-state index in [1.807, 2.05) is 6.07 Å². The van der Waals surface area contributed by atoms with Gasteiger partial charge in [0.05, 0.1) is 11.0 Å².